The summed E-state index contributed by atoms with van der Waals surface area (Å²) in [6.07, 6.45) is 2.78. The molecule has 3 aliphatic rings. The highest BCUT2D eigenvalue weighted by molar-refractivity contribution is 7.10. The first-order valence-corrected chi connectivity index (χ1v) is 12.7. The van der Waals surface area contributed by atoms with Crippen LogP contribution in [0, 0.1) is 5.92 Å². The minimum absolute atomic E-state index is 0.118. The third-order valence-electron chi connectivity index (χ3n) is 7.30. The number of nitrogens with zero attached hydrogens (tertiary/aromatic N) is 3. The fraction of sp³-hybridized carbons (Fsp3) is 0.462. The molecule has 34 heavy (non-hydrogen) atoms. The number of aromatic nitrogens is 2. The first kappa shape index (κ1) is 22.9. The maximum absolute atomic E-state index is 12.4. The summed E-state index contributed by atoms with van der Waals surface area (Å²) in [4.78, 5) is 16.0. The molecule has 1 N–H and O–H groups in total. The monoisotopic (exact) mass is 480 g/mol. The van der Waals surface area contributed by atoms with Crippen LogP contribution in [0.1, 0.15) is 29.3 Å². The highest BCUT2D eigenvalue weighted by atomic mass is 32.1. The molecule has 0 aliphatic carbocycles. The summed E-state index contributed by atoms with van der Waals surface area (Å²) in [5, 5.41) is 10.0. The van der Waals surface area contributed by atoms with Crippen molar-refractivity contribution in [3.63, 3.8) is 0 Å². The van der Waals surface area contributed by atoms with E-state index in [2.05, 4.69) is 16.3 Å². The van der Waals surface area contributed by atoms with Gasteiger partial charge in [0, 0.05) is 48.2 Å². The molecule has 1 amide bonds. The smallest absolute Gasteiger partial charge is 0.225 e. The van der Waals surface area contributed by atoms with Crippen LogP contribution in [0.3, 0.4) is 0 Å². The van der Waals surface area contributed by atoms with Crippen molar-refractivity contribution in [3.05, 3.63) is 52.3 Å². The topological polar surface area (TPSA) is 68.6 Å². The van der Waals surface area contributed by atoms with Crippen LogP contribution in [0.2, 0.25) is 0 Å². The van der Waals surface area contributed by atoms with Crippen molar-refractivity contribution < 1.29 is 14.3 Å². The molecule has 0 spiro atoms. The maximum atomic E-state index is 12.4. The van der Waals surface area contributed by atoms with Crippen LogP contribution in [0.5, 0.6) is 11.5 Å². The predicted molar refractivity (Wildman–Crippen MR) is 134 cm³/mol. The van der Waals surface area contributed by atoms with Gasteiger partial charge in [-0.2, -0.15) is 5.10 Å². The molecule has 3 fully saturated rings. The van der Waals surface area contributed by atoms with Crippen LogP contribution >= 0.6 is 11.3 Å². The Bertz CT molecular complexity index is 1140. The Labute approximate surface area is 204 Å². The lowest BCUT2D eigenvalue weighted by atomic mass is 9.74. The summed E-state index contributed by atoms with van der Waals surface area (Å²) in [5.41, 5.74) is 3.25. The number of nitrogens with one attached hydrogen (secondary N) is 1. The van der Waals surface area contributed by atoms with Crippen molar-refractivity contribution >= 4 is 17.2 Å². The number of carbonyl (C=O) groups is 1. The summed E-state index contributed by atoms with van der Waals surface area (Å²) in [5.74, 6) is 2.61. The molecule has 8 heteroatoms. The number of aryl methyl sites for hydroxylation is 1. The predicted octanol–water partition coefficient (Wildman–Crippen LogP) is 3.70. The Kier molecular flexibility index (Phi) is 6.61. The van der Waals surface area contributed by atoms with Crippen molar-refractivity contribution in [1.82, 2.24) is 20.0 Å². The Morgan fingerprint density at radius 3 is 2.76 bits per heavy atom. The van der Waals surface area contributed by atoms with Crippen molar-refractivity contribution in [3.8, 4) is 22.8 Å². The Balaban J connectivity index is 1.25. The van der Waals surface area contributed by atoms with Gasteiger partial charge < -0.3 is 14.8 Å². The van der Waals surface area contributed by atoms with E-state index in [1.807, 2.05) is 47.4 Å². The Morgan fingerprint density at radius 2 is 2.06 bits per heavy atom. The molecule has 3 aromatic rings. The summed E-state index contributed by atoms with van der Waals surface area (Å²) >= 11 is 1.64. The highest BCUT2D eigenvalue weighted by Crippen LogP contribution is 2.42. The molecular formula is C26H32N4O3S. The van der Waals surface area contributed by atoms with Gasteiger partial charge in [-0.3, -0.25) is 14.4 Å². The molecule has 6 rings (SSSR count). The standard InChI is InChI=1S/C26H32N4O3S/c1-29-23(14-22(28-29)18-6-7-24(32-2)25(12-18)33-3)21-16-30-9-8-17(21)11-19(30)15-27-26(31)13-20-5-4-10-34-20/h4-7,10,12,14,17,19,21H,8-9,11,13,15-16H2,1-3H3,(H,27,31). The van der Waals surface area contributed by atoms with Gasteiger partial charge in [-0.05, 0) is 61.0 Å². The van der Waals surface area contributed by atoms with Crippen LogP contribution in [0.4, 0.5) is 0 Å². The lowest BCUT2D eigenvalue weighted by Crippen LogP contribution is -2.56. The zero-order valence-electron chi connectivity index (χ0n) is 20.0. The molecule has 4 atom stereocenters. The second kappa shape index (κ2) is 9.80. The second-order valence-corrected chi connectivity index (χ2v) is 10.3. The van der Waals surface area contributed by atoms with E-state index >= 15 is 0 Å². The van der Waals surface area contributed by atoms with E-state index in [4.69, 9.17) is 14.6 Å². The first-order valence-electron chi connectivity index (χ1n) is 11.8. The van der Waals surface area contributed by atoms with Crippen molar-refractivity contribution in [1.29, 1.82) is 0 Å². The van der Waals surface area contributed by atoms with Gasteiger partial charge in [0.1, 0.15) is 0 Å². The average molecular weight is 481 g/mol. The summed E-state index contributed by atoms with van der Waals surface area (Å²) in [7, 11) is 5.34. The zero-order chi connectivity index (χ0) is 23.7. The molecule has 3 aliphatic heterocycles. The molecule has 2 bridgehead atoms. The molecule has 3 saturated heterocycles. The van der Waals surface area contributed by atoms with E-state index in [9.17, 15) is 4.79 Å². The van der Waals surface area contributed by atoms with E-state index in [-0.39, 0.29) is 5.91 Å². The molecular weight excluding hydrogens is 448 g/mol. The lowest BCUT2D eigenvalue weighted by molar-refractivity contribution is -0.120. The number of thiophene rings is 1. The number of ether oxygens (including phenoxy) is 2. The van der Waals surface area contributed by atoms with Crippen molar-refractivity contribution in [2.24, 2.45) is 13.0 Å². The summed E-state index contributed by atoms with van der Waals surface area (Å²) in [6, 6.07) is 12.6. The minimum Gasteiger partial charge on any atom is -0.493 e. The van der Waals surface area contributed by atoms with E-state index < -0.39 is 0 Å². The molecule has 5 heterocycles. The third-order valence-corrected chi connectivity index (χ3v) is 8.18. The fourth-order valence-corrected chi connectivity index (χ4v) is 6.22. The third kappa shape index (κ3) is 4.57. The average Bonchev–Trinajstić information content (AvgIpc) is 3.52. The number of rotatable bonds is 8. The van der Waals surface area contributed by atoms with Gasteiger partial charge in [0.25, 0.3) is 0 Å². The van der Waals surface area contributed by atoms with E-state index in [0.717, 1.165) is 42.2 Å². The normalized spacial score (nSPS) is 23.6. The van der Waals surface area contributed by atoms with Gasteiger partial charge in [0.2, 0.25) is 5.91 Å². The van der Waals surface area contributed by atoms with Crippen LogP contribution in [-0.2, 0) is 18.3 Å². The van der Waals surface area contributed by atoms with E-state index in [1.54, 1.807) is 25.6 Å². The van der Waals surface area contributed by atoms with Gasteiger partial charge in [-0.25, -0.2) is 0 Å². The number of hydrogen-bond acceptors (Lipinski definition) is 6. The van der Waals surface area contributed by atoms with Gasteiger partial charge in [0.05, 0.1) is 26.3 Å². The Hall–Kier alpha value is -2.84. The SMILES string of the molecule is COc1ccc(-c2cc(C3CN4CCC3CC4CNC(=O)Cc3cccs3)n(C)n2)cc1OC. The van der Waals surface area contributed by atoms with E-state index in [0.29, 0.717) is 35.8 Å². The number of amides is 1. The number of hydrogen-bond donors (Lipinski definition) is 1. The molecule has 1 aromatic carbocycles. The van der Waals surface area contributed by atoms with Gasteiger partial charge in [-0.15, -0.1) is 11.3 Å². The molecule has 7 nitrogen and oxygen atoms in total. The van der Waals surface area contributed by atoms with Crippen LogP contribution in [-0.4, -0.2) is 60.5 Å². The van der Waals surface area contributed by atoms with Crippen LogP contribution in [0.25, 0.3) is 11.3 Å². The molecule has 2 aromatic heterocycles. The van der Waals surface area contributed by atoms with Crippen LogP contribution in [0.15, 0.2) is 41.8 Å². The maximum Gasteiger partial charge on any atom is 0.225 e. The van der Waals surface area contributed by atoms with Crippen molar-refractivity contribution in [2.75, 3.05) is 33.9 Å². The molecule has 4 unspecified atom stereocenters. The number of methoxy groups -OCH3 is 2. The molecule has 0 radical (unpaired) electrons. The van der Waals surface area contributed by atoms with Crippen LogP contribution < -0.4 is 14.8 Å². The number of carbonyl (C=O) groups excluding carboxylic acids is 1. The summed E-state index contributed by atoms with van der Waals surface area (Å²) < 4.78 is 12.9. The molecule has 180 valence electrons. The summed E-state index contributed by atoms with van der Waals surface area (Å²) in [6.45, 7) is 2.85. The second-order valence-electron chi connectivity index (χ2n) is 9.25. The van der Waals surface area contributed by atoms with E-state index in [1.165, 1.54) is 12.1 Å². The zero-order valence-corrected chi connectivity index (χ0v) is 20.8. The first-order chi connectivity index (χ1) is 16.6. The number of piperidine rings is 3. The molecule has 0 saturated carbocycles. The van der Waals surface area contributed by atoms with Crippen molar-refractivity contribution in [2.45, 2.75) is 31.2 Å². The largest absolute Gasteiger partial charge is 0.493 e. The number of benzene rings is 1. The quantitative estimate of drug-likeness (QED) is 0.533. The Morgan fingerprint density at radius 1 is 1.21 bits per heavy atom. The van der Waals surface area contributed by atoms with Gasteiger partial charge in [-0.1, -0.05) is 6.07 Å². The van der Waals surface area contributed by atoms with Gasteiger partial charge >= 0.3 is 0 Å². The van der Waals surface area contributed by atoms with Gasteiger partial charge in [0.15, 0.2) is 11.5 Å². The highest BCUT2D eigenvalue weighted by Gasteiger charge is 2.41. The lowest BCUT2D eigenvalue weighted by Gasteiger charge is -2.50. The number of fused-ring (bicyclic) bond motifs is 3. The fourth-order valence-electron chi connectivity index (χ4n) is 5.52. The minimum atomic E-state index is 0.118.